The zero-order valence-electron chi connectivity index (χ0n) is 10.5. The van der Waals surface area contributed by atoms with Crippen molar-refractivity contribution in [2.75, 3.05) is 5.32 Å². The van der Waals surface area contributed by atoms with E-state index in [9.17, 15) is 4.79 Å². The highest BCUT2D eigenvalue weighted by Crippen LogP contribution is 2.31. The molecule has 3 N–H and O–H groups in total. The molecule has 3 rings (SSSR count). The van der Waals surface area contributed by atoms with Crippen LogP contribution in [0.4, 0.5) is 5.69 Å². The SMILES string of the molecule is NC(c1ccc2c(c1)CC(=O)N2)c1cc(I)ccc1Br. The molecule has 5 heteroatoms. The summed E-state index contributed by atoms with van der Waals surface area (Å²) in [5, 5.41) is 2.83. The van der Waals surface area contributed by atoms with E-state index in [4.69, 9.17) is 5.73 Å². The van der Waals surface area contributed by atoms with E-state index < -0.39 is 0 Å². The largest absolute Gasteiger partial charge is 0.326 e. The van der Waals surface area contributed by atoms with E-state index in [0.717, 1.165) is 30.4 Å². The second kappa shape index (κ2) is 5.46. The number of amides is 1. The van der Waals surface area contributed by atoms with Gasteiger partial charge in [-0.3, -0.25) is 4.79 Å². The van der Waals surface area contributed by atoms with Crippen molar-refractivity contribution in [1.82, 2.24) is 0 Å². The third kappa shape index (κ3) is 2.62. The number of nitrogens with one attached hydrogen (secondary N) is 1. The molecule has 0 saturated carbocycles. The monoisotopic (exact) mass is 442 g/mol. The maximum atomic E-state index is 11.4. The molecule has 0 radical (unpaired) electrons. The van der Waals surface area contributed by atoms with Crippen LogP contribution < -0.4 is 11.1 Å². The Labute approximate surface area is 139 Å². The second-order valence-electron chi connectivity index (χ2n) is 4.79. The Kier molecular flexibility index (Phi) is 3.83. The van der Waals surface area contributed by atoms with Crippen LogP contribution in [0.15, 0.2) is 40.9 Å². The first-order valence-corrected chi connectivity index (χ1v) is 8.05. The zero-order chi connectivity index (χ0) is 14.3. The molecule has 0 bridgehead atoms. The van der Waals surface area contributed by atoms with Crippen LogP contribution in [0.2, 0.25) is 0 Å². The van der Waals surface area contributed by atoms with Gasteiger partial charge < -0.3 is 11.1 Å². The third-order valence-electron chi connectivity index (χ3n) is 3.41. The van der Waals surface area contributed by atoms with E-state index in [0.29, 0.717) is 6.42 Å². The molecule has 1 heterocycles. The molecule has 0 fully saturated rings. The van der Waals surface area contributed by atoms with Crippen LogP contribution >= 0.6 is 38.5 Å². The van der Waals surface area contributed by atoms with Crippen molar-refractivity contribution in [3.05, 3.63) is 61.1 Å². The van der Waals surface area contributed by atoms with Crippen molar-refractivity contribution in [2.45, 2.75) is 12.5 Å². The number of halogens is 2. The van der Waals surface area contributed by atoms with E-state index in [2.05, 4.69) is 49.9 Å². The number of nitrogens with two attached hydrogens (primary N) is 1. The molecule has 1 unspecified atom stereocenters. The lowest BCUT2D eigenvalue weighted by atomic mass is 9.97. The molecule has 1 atom stereocenters. The second-order valence-corrected chi connectivity index (χ2v) is 6.89. The van der Waals surface area contributed by atoms with E-state index in [1.165, 1.54) is 0 Å². The van der Waals surface area contributed by atoms with Crippen molar-refractivity contribution in [3.63, 3.8) is 0 Å². The fourth-order valence-electron chi connectivity index (χ4n) is 2.38. The predicted octanol–water partition coefficient (Wildman–Crippen LogP) is 3.60. The highest BCUT2D eigenvalue weighted by atomic mass is 127. The Hall–Kier alpha value is -0.920. The predicted molar refractivity (Wildman–Crippen MR) is 91.7 cm³/mol. The van der Waals surface area contributed by atoms with Crippen LogP contribution in [-0.2, 0) is 11.2 Å². The van der Waals surface area contributed by atoms with Gasteiger partial charge in [0.25, 0.3) is 0 Å². The third-order valence-corrected chi connectivity index (χ3v) is 4.80. The van der Waals surface area contributed by atoms with Gasteiger partial charge in [-0.05, 0) is 63.5 Å². The van der Waals surface area contributed by atoms with Gasteiger partial charge in [-0.25, -0.2) is 0 Å². The fraction of sp³-hybridized carbons (Fsp3) is 0.133. The summed E-state index contributed by atoms with van der Waals surface area (Å²) < 4.78 is 2.15. The van der Waals surface area contributed by atoms with Gasteiger partial charge in [-0.2, -0.15) is 0 Å². The summed E-state index contributed by atoms with van der Waals surface area (Å²) >= 11 is 5.83. The van der Waals surface area contributed by atoms with Crippen LogP contribution in [0.1, 0.15) is 22.7 Å². The molecule has 2 aromatic rings. The minimum atomic E-state index is -0.208. The molecule has 0 saturated heterocycles. The van der Waals surface area contributed by atoms with Gasteiger partial charge in [0.1, 0.15) is 0 Å². The Morgan fingerprint density at radius 3 is 2.85 bits per heavy atom. The number of hydrogen-bond acceptors (Lipinski definition) is 2. The Bertz CT molecular complexity index is 702. The molecule has 1 aliphatic rings. The number of benzene rings is 2. The topological polar surface area (TPSA) is 55.1 Å². The summed E-state index contributed by atoms with van der Waals surface area (Å²) in [6.45, 7) is 0. The van der Waals surface area contributed by atoms with Crippen LogP contribution in [0, 0.1) is 3.57 Å². The van der Waals surface area contributed by atoms with Crippen LogP contribution in [0.5, 0.6) is 0 Å². The highest BCUT2D eigenvalue weighted by molar-refractivity contribution is 14.1. The minimum Gasteiger partial charge on any atom is -0.326 e. The first-order chi connectivity index (χ1) is 9.54. The highest BCUT2D eigenvalue weighted by Gasteiger charge is 2.20. The summed E-state index contributed by atoms with van der Waals surface area (Å²) in [7, 11) is 0. The van der Waals surface area contributed by atoms with Gasteiger partial charge in [0.05, 0.1) is 12.5 Å². The molecule has 0 aromatic heterocycles. The lowest BCUT2D eigenvalue weighted by molar-refractivity contribution is -0.115. The summed E-state index contributed by atoms with van der Waals surface area (Å²) in [5.41, 5.74) is 10.4. The molecular formula is C15H12BrIN2O. The number of hydrogen-bond donors (Lipinski definition) is 2. The Morgan fingerprint density at radius 1 is 1.25 bits per heavy atom. The quantitative estimate of drug-likeness (QED) is 0.698. The zero-order valence-corrected chi connectivity index (χ0v) is 14.2. The van der Waals surface area contributed by atoms with Gasteiger partial charge in [-0.15, -0.1) is 0 Å². The van der Waals surface area contributed by atoms with E-state index >= 15 is 0 Å². The lowest BCUT2D eigenvalue weighted by Gasteiger charge is -2.16. The molecule has 3 nitrogen and oxygen atoms in total. The van der Waals surface area contributed by atoms with Gasteiger partial charge in [-0.1, -0.05) is 28.1 Å². The van der Waals surface area contributed by atoms with Crippen molar-refractivity contribution in [2.24, 2.45) is 5.73 Å². The summed E-state index contributed by atoms with van der Waals surface area (Å²) in [4.78, 5) is 11.4. The summed E-state index contributed by atoms with van der Waals surface area (Å²) in [5.74, 6) is 0.0427. The average molecular weight is 443 g/mol. The normalized spacial score (nSPS) is 14.8. The van der Waals surface area contributed by atoms with Crippen LogP contribution in [0.25, 0.3) is 0 Å². The van der Waals surface area contributed by atoms with E-state index in [1.807, 2.05) is 30.3 Å². The first-order valence-electron chi connectivity index (χ1n) is 6.18. The first kappa shape index (κ1) is 14.0. The molecule has 2 aromatic carbocycles. The van der Waals surface area contributed by atoms with Gasteiger partial charge in [0.2, 0.25) is 5.91 Å². The van der Waals surface area contributed by atoms with Crippen molar-refractivity contribution in [3.8, 4) is 0 Å². The van der Waals surface area contributed by atoms with Crippen molar-refractivity contribution in [1.29, 1.82) is 0 Å². The average Bonchev–Trinajstić information content (AvgIpc) is 2.79. The van der Waals surface area contributed by atoms with E-state index in [1.54, 1.807) is 0 Å². The van der Waals surface area contributed by atoms with Gasteiger partial charge in [0.15, 0.2) is 0 Å². The summed E-state index contributed by atoms with van der Waals surface area (Å²) in [6.07, 6.45) is 0.434. The fourth-order valence-corrected chi connectivity index (χ4v) is 3.38. The molecule has 102 valence electrons. The standard InChI is InChI=1S/C15H12BrIN2O/c16-12-3-2-10(17)7-11(12)15(18)8-1-4-13-9(5-8)6-14(20)19-13/h1-5,7,15H,6,18H2,(H,19,20). The smallest absolute Gasteiger partial charge is 0.228 e. The molecule has 0 spiro atoms. The number of anilines is 1. The maximum Gasteiger partial charge on any atom is 0.228 e. The van der Waals surface area contributed by atoms with Crippen molar-refractivity contribution >= 4 is 50.1 Å². The maximum absolute atomic E-state index is 11.4. The van der Waals surface area contributed by atoms with Gasteiger partial charge >= 0.3 is 0 Å². The van der Waals surface area contributed by atoms with Crippen LogP contribution in [-0.4, -0.2) is 5.91 Å². The molecule has 1 aliphatic heterocycles. The number of fused-ring (bicyclic) bond motifs is 1. The molecular weight excluding hydrogens is 431 g/mol. The number of carbonyl (C=O) groups is 1. The Balaban J connectivity index is 1.99. The molecule has 0 aliphatic carbocycles. The van der Waals surface area contributed by atoms with Gasteiger partial charge in [0, 0.05) is 13.7 Å². The molecule has 20 heavy (non-hydrogen) atoms. The number of carbonyl (C=O) groups excluding carboxylic acids is 1. The van der Waals surface area contributed by atoms with Crippen LogP contribution in [0.3, 0.4) is 0 Å². The lowest BCUT2D eigenvalue weighted by Crippen LogP contribution is -2.13. The van der Waals surface area contributed by atoms with Crippen molar-refractivity contribution < 1.29 is 4.79 Å². The minimum absolute atomic E-state index is 0.0427. The summed E-state index contributed by atoms with van der Waals surface area (Å²) in [6, 6.07) is 11.8. The number of rotatable bonds is 2. The molecule has 1 amide bonds. The van der Waals surface area contributed by atoms with E-state index in [-0.39, 0.29) is 11.9 Å². The Morgan fingerprint density at radius 2 is 2.05 bits per heavy atom.